The molecular formula is C20H26N4OS. The molecule has 0 N–H and O–H groups in total. The smallest absolute Gasteiger partial charge is 0.254 e. The van der Waals surface area contributed by atoms with Crippen LogP contribution in [-0.4, -0.2) is 51.9 Å². The van der Waals surface area contributed by atoms with Gasteiger partial charge in [-0.25, -0.2) is 4.98 Å². The second-order valence-electron chi connectivity index (χ2n) is 7.60. The number of likely N-dealkylation sites (tertiary alicyclic amines) is 1. The van der Waals surface area contributed by atoms with E-state index in [1.165, 1.54) is 11.4 Å². The number of piperidine rings is 1. The van der Waals surface area contributed by atoms with Gasteiger partial charge < -0.3 is 4.90 Å². The van der Waals surface area contributed by atoms with Crippen LogP contribution in [0.2, 0.25) is 0 Å². The molecule has 2 fully saturated rings. The average Bonchev–Trinajstić information content (AvgIpc) is 3.12. The Morgan fingerprint density at radius 3 is 2.88 bits per heavy atom. The van der Waals surface area contributed by atoms with Crippen molar-refractivity contribution in [1.29, 1.82) is 0 Å². The zero-order chi connectivity index (χ0) is 18.1. The van der Waals surface area contributed by atoms with Gasteiger partial charge in [0.05, 0.1) is 6.54 Å². The molecule has 1 amide bonds. The van der Waals surface area contributed by atoms with Crippen molar-refractivity contribution in [2.24, 2.45) is 5.41 Å². The van der Waals surface area contributed by atoms with Crippen molar-refractivity contribution in [2.45, 2.75) is 45.2 Å². The summed E-state index contributed by atoms with van der Waals surface area (Å²) < 4.78 is 0. The molecule has 4 rings (SSSR count). The van der Waals surface area contributed by atoms with Crippen LogP contribution in [0.1, 0.15) is 47.1 Å². The van der Waals surface area contributed by atoms with Crippen molar-refractivity contribution in [3.63, 3.8) is 0 Å². The molecule has 0 aromatic carbocycles. The van der Waals surface area contributed by atoms with Gasteiger partial charge in [-0.3, -0.25) is 14.7 Å². The van der Waals surface area contributed by atoms with Gasteiger partial charge in [-0.2, -0.15) is 0 Å². The van der Waals surface area contributed by atoms with Gasteiger partial charge in [0.1, 0.15) is 5.01 Å². The first kappa shape index (κ1) is 17.6. The number of aryl methyl sites for hydroxylation is 1. The molecule has 6 heteroatoms. The second-order valence-corrected chi connectivity index (χ2v) is 8.58. The highest BCUT2D eigenvalue weighted by molar-refractivity contribution is 7.09. The van der Waals surface area contributed by atoms with E-state index in [0.29, 0.717) is 11.5 Å². The maximum atomic E-state index is 12.9. The van der Waals surface area contributed by atoms with Crippen LogP contribution in [0, 0.1) is 5.41 Å². The standard InChI is InChI=1S/C20H26N4OS/c1-3-15-13-21-7-4-16(15)19(25)24-9-5-20(6-10-24)12-17(20)23(2)14-18-22-8-11-26-18/h4,7-8,11,13,17H,3,5-6,9-10,12,14H2,1-2H3/t17-/m0/s1. The highest BCUT2D eigenvalue weighted by Crippen LogP contribution is 2.56. The summed E-state index contributed by atoms with van der Waals surface area (Å²) in [5.41, 5.74) is 2.28. The molecule has 1 aliphatic heterocycles. The Hall–Kier alpha value is -1.79. The first-order chi connectivity index (χ1) is 12.6. The van der Waals surface area contributed by atoms with Crippen molar-refractivity contribution in [3.8, 4) is 0 Å². The monoisotopic (exact) mass is 370 g/mol. The molecule has 2 aromatic heterocycles. The van der Waals surface area contributed by atoms with E-state index in [4.69, 9.17) is 0 Å². The van der Waals surface area contributed by atoms with Gasteiger partial charge in [0.25, 0.3) is 5.91 Å². The average molecular weight is 371 g/mol. The van der Waals surface area contributed by atoms with Gasteiger partial charge in [0, 0.05) is 48.7 Å². The SMILES string of the molecule is CCc1cnccc1C(=O)N1CCC2(CC1)C[C@@H]2N(C)Cc1nccs1. The molecule has 1 saturated carbocycles. The summed E-state index contributed by atoms with van der Waals surface area (Å²) in [4.78, 5) is 26.0. The summed E-state index contributed by atoms with van der Waals surface area (Å²) in [5, 5.41) is 3.23. The Bertz CT molecular complexity index is 768. The van der Waals surface area contributed by atoms with Crippen molar-refractivity contribution in [2.75, 3.05) is 20.1 Å². The fourth-order valence-corrected chi connectivity index (χ4v) is 5.06. The molecule has 1 saturated heterocycles. The van der Waals surface area contributed by atoms with Gasteiger partial charge in [0.2, 0.25) is 0 Å². The number of pyridine rings is 1. The second kappa shape index (κ2) is 7.08. The predicted octanol–water partition coefficient (Wildman–Crippen LogP) is 3.23. The Morgan fingerprint density at radius 2 is 2.19 bits per heavy atom. The minimum absolute atomic E-state index is 0.174. The highest BCUT2D eigenvalue weighted by Gasteiger charge is 2.56. The maximum absolute atomic E-state index is 12.9. The third-order valence-electron chi connectivity index (χ3n) is 6.11. The number of carbonyl (C=O) groups excluding carboxylic acids is 1. The highest BCUT2D eigenvalue weighted by atomic mass is 32.1. The molecule has 26 heavy (non-hydrogen) atoms. The number of nitrogens with zero attached hydrogens (tertiary/aromatic N) is 4. The van der Waals surface area contributed by atoms with E-state index in [-0.39, 0.29) is 5.91 Å². The summed E-state index contributed by atoms with van der Waals surface area (Å²) in [5.74, 6) is 0.174. The Balaban J connectivity index is 1.35. The van der Waals surface area contributed by atoms with Crippen LogP contribution in [-0.2, 0) is 13.0 Å². The minimum atomic E-state index is 0.174. The van der Waals surface area contributed by atoms with Gasteiger partial charge >= 0.3 is 0 Å². The van der Waals surface area contributed by atoms with Crippen LogP contribution < -0.4 is 0 Å². The summed E-state index contributed by atoms with van der Waals surface area (Å²) in [6.45, 7) is 4.74. The van der Waals surface area contributed by atoms with Crippen molar-refractivity contribution < 1.29 is 4.79 Å². The normalized spacial score (nSPS) is 21.3. The van der Waals surface area contributed by atoms with E-state index in [0.717, 1.165) is 50.0 Å². The lowest BCUT2D eigenvalue weighted by molar-refractivity contribution is 0.0656. The first-order valence-corrected chi connectivity index (χ1v) is 10.3. The molecule has 3 heterocycles. The number of amides is 1. The summed E-state index contributed by atoms with van der Waals surface area (Å²) in [6, 6.07) is 2.50. The predicted molar refractivity (Wildman–Crippen MR) is 103 cm³/mol. The van der Waals surface area contributed by atoms with Gasteiger partial charge in [-0.1, -0.05) is 6.92 Å². The fraction of sp³-hybridized carbons (Fsp3) is 0.550. The van der Waals surface area contributed by atoms with Crippen LogP contribution in [0.4, 0.5) is 0 Å². The fourth-order valence-electron chi connectivity index (χ4n) is 4.38. The molecule has 0 unspecified atom stereocenters. The van der Waals surface area contributed by atoms with E-state index in [2.05, 4.69) is 28.8 Å². The number of thiazole rings is 1. The van der Waals surface area contributed by atoms with E-state index in [9.17, 15) is 4.79 Å². The largest absolute Gasteiger partial charge is 0.339 e. The Labute approximate surface area is 159 Å². The molecule has 1 aliphatic carbocycles. The third kappa shape index (κ3) is 3.28. The number of hydrogen-bond acceptors (Lipinski definition) is 5. The zero-order valence-corrected chi connectivity index (χ0v) is 16.3. The van der Waals surface area contributed by atoms with Crippen LogP contribution in [0.15, 0.2) is 30.0 Å². The molecule has 2 aromatic rings. The lowest BCUT2D eigenvalue weighted by Crippen LogP contribution is -2.41. The Morgan fingerprint density at radius 1 is 1.38 bits per heavy atom. The summed E-state index contributed by atoms with van der Waals surface area (Å²) >= 11 is 1.73. The first-order valence-electron chi connectivity index (χ1n) is 9.44. The molecule has 5 nitrogen and oxygen atoms in total. The van der Waals surface area contributed by atoms with Crippen LogP contribution in [0.5, 0.6) is 0 Å². The third-order valence-corrected chi connectivity index (χ3v) is 6.87. The summed E-state index contributed by atoms with van der Waals surface area (Å²) in [7, 11) is 2.21. The van der Waals surface area contributed by atoms with E-state index in [1.807, 2.05) is 28.7 Å². The Kier molecular flexibility index (Phi) is 4.80. The molecule has 2 aliphatic rings. The van der Waals surface area contributed by atoms with E-state index in [1.54, 1.807) is 17.5 Å². The number of carbonyl (C=O) groups is 1. The maximum Gasteiger partial charge on any atom is 0.254 e. The van der Waals surface area contributed by atoms with Crippen LogP contribution in [0.25, 0.3) is 0 Å². The number of aromatic nitrogens is 2. The van der Waals surface area contributed by atoms with Crippen LogP contribution in [0.3, 0.4) is 0 Å². The molecular weight excluding hydrogens is 344 g/mol. The topological polar surface area (TPSA) is 49.3 Å². The zero-order valence-electron chi connectivity index (χ0n) is 15.5. The van der Waals surface area contributed by atoms with E-state index < -0.39 is 0 Å². The van der Waals surface area contributed by atoms with E-state index >= 15 is 0 Å². The quantitative estimate of drug-likeness (QED) is 0.811. The molecule has 138 valence electrons. The van der Waals surface area contributed by atoms with Crippen molar-refractivity contribution in [1.82, 2.24) is 19.8 Å². The van der Waals surface area contributed by atoms with Crippen molar-refractivity contribution >= 4 is 17.2 Å². The van der Waals surface area contributed by atoms with Gasteiger partial charge in [0.15, 0.2) is 0 Å². The molecule has 0 bridgehead atoms. The number of rotatable bonds is 5. The van der Waals surface area contributed by atoms with Crippen LogP contribution >= 0.6 is 11.3 Å². The molecule has 0 radical (unpaired) electrons. The lowest BCUT2D eigenvalue weighted by atomic mass is 9.91. The lowest BCUT2D eigenvalue weighted by Gasteiger charge is -2.34. The van der Waals surface area contributed by atoms with Gasteiger partial charge in [-0.05, 0) is 49.8 Å². The van der Waals surface area contributed by atoms with Crippen molar-refractivity contribution in [3.05, 3.63) is 46.2 Å². The minimum Gasteiger partial charge on any atom is -0.339 e. The molecule has 1 atom stereocenters. The number of hydrogen-bond donors (Lipinski definition) is 0. The van der Waals surface area contributed by atoms with Gasteiger partial charge in [-0.15, -0.1) is 11.3 Å². The molecule has 1 spiro atoms. The summed E-state index contributed by atoms with van der Waals surface area (Å²) in [6.07, 6.45) is 9.74.